The maximum atomic E-state index is 4.43. The van der Waals surface area contributed by atoms with Crippen LogP contribution >= 0.6 is 0 Å². The van der Waals surface area contributed by atoms with Gasteiger partial charge in [-0.15, -0.1) is 0 Å². The Kier molecular flexibility index (Phi) is 2.69. The van der Waals surface area contributed by atoms with Gasteiger partial charge in [0.25, 0.3) is 0 Å². The van der Waals surface area contributed by atoms with Crippen molar-refractivity contribution in [2.45, 2.75) is 6.92 Å². The Labute approximate surface area is 106 Å². The van der Waals surface area contributed by atoms with Gasteiger partial charge in [-0.1, -0.05) is 60.2 Å². The third kappa shape index (κ3) is 2.05. The van der Waals surface area contributed by atoms with Crippen LogP contribution in [0.4, 0.5) is 0 Å². The number of imidazole rings is 1. The standard InChI is InChI=1S/C16H14N2/c1-12-7-9-13(10-8-12)15-11-17-16(18-15)14-5-3-2-4-6-14/h2-11H,1H3,(H,17,18). The average molecular weight is 234 g/mol. The number of benzene rings is 2. The Bertz CT molecular complexity index is 636. The molecule has 0 aliphatic heterocycles. The number of rotatable bonds is 2. The number of aromatic amines is 1. The number of aryl methyl sites for hydroxylation is 1. The van der Waals surface area contributed by atoms with Crippen LogP contribution in [0.3, 0.4) is 0 Å². The molecular formula is C16H14N2. The van der Waals surface area contributed by atoms with Gasteiger partial charge < -0.3 is 4.98 Å². The SMILES string of the molecule is Cc1ccc(-c2cnc(-c3ccccc3)[nH]2)cc1. The van der Waals surface area contributed by atoms with E-state index in [4.69, 9.17) is 0 Å². The van der Waals surface area contributed by atoms with Gasteiger partial charge in [0.15, 0.2) is 0 Å². The van der Waals surface area contributed by atoms with Gasteiger partial charge in [-0.25, -0.2) is 4.98 Å². The fourth-order valence-corrected chi connectivity index (χ4v) is 1.94. The van der Waals surface area contributed by atoms with Crippen LogP contribution < -0.4 is 0 Å². The van der Waals surface area contributed by atoms with E-state index in [0.29, 0.717) is 0 Å². The maximum Gasteiger partial charge on any atom is 0.137 e. The molecule has 0 atom stereocenters. The smallest absolute Gasteiger partial charge is 0.137 e. The summed E-state index contributed by atoms with van der Waals surface area (Å²) in [5.41, 5.74) is 4.58. The summed E-state index contributed by atoms with van der Waals surface area (Å²) in [6.45, 7) is 2.09. The van der Waals surface area contributed by atoms with E-state index >= 15 is 0 Å². The largest absolute Gasteiger partial charge is 0.338 e. The molecule has 0 bridgehead atoms. The molecule has 1 aromatic heterocycles. The molecule has 0 spiro atoms. The van der Waals surface area contributed by atoms with Crippen LogP contribution in [0.15, 0.2) is 60.8 Å². The normalized spacial score (nSPS) is 10.5. The van der Waals surface area contributed by atoms with Crippen LogP contribution in [0.25, 0.3) is 22.6 Å². The van der Waals surface area contributed by atoms with Gasteiger partial charge in [-0.3, -0.25) is 0 Å². The summed E-state index contributed by atoms with van der Waals surface area (Å²) in [5.74, 6) is 0.908. The van der Waals surface area contributed by atoms with Gasteiger partial charge in [0.05, 0.1) is 11.9 Å². The summed E-state index contributed by atoms with van der Waals surface area (Å²) >= 11 is 0. The molecule has 0 saturated carbocycles. The van der Waals surface area contributed by atoms with E-state index in [9.17, 15) is 0 Å². The summed E-state index contributed by atoms with van der Waals surface area (Å²) in [6.07, 6.45) is 1.88. The quantitative estimate of drug-likeness (QED) is 0.712. The van der Waals surface area contributed by atoms with Crippen molar-refractivity contribution in [1.82, 2.24) is 9.97 Å². The third-order valence-corrected chi connectivity index (χ3v) is 2.99. The second-order valence-electron chi connectivity index (χ2n) is 4.38. The highest BCUT2D eigenvalue weighted by molar-refractivity contribution is 5.64. The van der Waals surface area contributed by atoms with Crippen molar-refractivity contribution in [3.05, 3.63) is 66.4 Å². The van der Waals surface area contributed by atoms with E-state index in [-0.39, 0.29) is 0 Å². The molecular weight excluding hydrogens is 220 g/mol. The van der Waals surface area contributed by atoms with Gasteiger partial charge in [0.1, 0.15) is 5.82 Å². The van der Waals surface area contributed by atoms with Crippen molar-refractivity contribution >= 4 is 0 Å². The molecule has 88 valence electrons. The number of nitrogens with one attached hydrogen (secondary N) is 1. The van der Waals surface area contributed by atoms with Crippen LogP contribution in [-0.2, 0) is 0 Å². The van der Waals surface area contributed by atoms with Gasteiger partial charge in [-0.05, 0) is 12.5 Å². The molecule has 2 heteroatoms. The Balaban J connectivity index is 1.97. The lowest BCUT2D eigenvalue weighted by Gasteiger charge is -1.98. The average Bonchev–Trinajstić information content (AvgIpc) is 2.90. The summed E-state index contributed by atoms with van der Waals surface area (Å²) in [5, 5.41) is 0. The summed E-state index contributed by atoms with van der Waals surface area (Å²) in [4.78, 5) is 7.78. The number of hydrogen-bond acceptors (Lipinski definition) is 1. The Morgan fingerprint density at radius 1 is 0.833 bits per heavy atom. The van der Waals surface area contributed by atoms with Crippen LogP contribution in [0, 0.1) is 6.92 Å². The fraction of sp³-hybridized carbons (Fsp3) is 0.0625. The number of nitrogens with zero attached hydrogens (tertiary/aromatic N) is 1. The van der Waals surface area contributed by atoms with E-state index in [1.54, 1.807) is 0 Å². The van der Waals surface area contributed by atoms with Crippen molar-refractivity contribution in [2.24, 2.45) is 0 Å². The minimum Gasteiger partial charge on any atom is -0.338 e. The lowest BCUT2D eigenvalue weighted by molar-refractivity contribution is 1.31. The molecule has 2 aromatic carbocycles. The molecule has 0 aliphatic carbocycles. The zero-order valence-electron chi connectivity index (χ0n) is 10.2. The number of hydrogen-bond donors (Lipinski definition) is 1. The predicted molar refractivity (Wildman–Crippen MR) is 74.2 cm³/mol. The second kappa shape index (κ2) is 4.49. The maximum absolute atomic E-state index is 4.43. The topological polar surface area (TPSA) is 28.7 Å². The van der Waals surface area contributed by atoms with E-state index < -0.39 is 0 Å². The molecule has 3 rings (SSSR count). The summed E-state index contributed by atoms with van der Waals surface area (Å²) in [6, 6.07) is 18.6. The van der Waals surface area contributed by atoms with Crippen LogP contribution in [0.5, 0.6) is 0 Å². The van der Waals surface area contributed by atoms with Gasteiger partial charge in [0, 0.05) is 5.56 Å². The molecule has 0 saturated heterocycles. The molecule has 0 radical (unpaired) electrons. The highest BCUT2D eigenvalue weighted by Gasteiger charge is 2.04. The molecule has 0 fully saturated rings. The molecule has 3 aromatic rings. The van der Waals surface area contributed by atoms with Crippen molar-refractivity contribution in [1.29, 1.82) is 0 Å². The first-order valence-corrected chi connectivity index (χ1v) is 6.00. The molecule has 2 nitrogen and oxygen atoms in total. The zero-order chi connectivity index (χ0) is 12.4. The van der Waals surface area contributed by atoms with Crippen molar-refractivity contribution < 1.29 is 0 Å². The Morgan fingerprint density at radius 2 is 1.56 bits per heavy atom. The van der Waals surface area contributed by atoms with E-state index in [1.165, 1.54) is 5.56 Å². The Hall–Kier alpha value is -2.35. The first-order chi connectivity index (χ1) is 8.83. The minimum absolute atomic E-state index is 0.908. The Morgan fingerprint density at radius 3 is 2.28 bits per heavy atom. The predicted octanol–water partition coefficient (Wildman–Crippen LogP) is 4.05. The fourth-order valence-electron chi connectivity index (χ4n) is 1.94. The molecule has 1 N–H and O–H groups in total. The first-order valence-electron chi connectivity index (χ1n) is 6.00. The highest BCUT2D eigenvalue weighted by Crippen LogP contribution is 2.22. The molecule has 18 heavy (non-hydrogen) atoms. The monoisotopic (exact) mass is 234 g/mol. The van der Waals surface area contributed by atoms with Gasteiger partial charge >= 0.3 is 0 Å². The van der Waals surface area contributed by atoms with Gasteiger partial charge in [-0.2, -0.15) is 0 Å². The number of aromatic nitrogens is 2. The lowest BCUT2D eigenvalue weighted by Crippen LogP contribution is -1.80. The van der Waals surface area contributed by atoms with Crippen molar-refractivity contribution in [3.8, 4) is 22.6 Å². The van der Waals surface area contributed by atoms with Crippen molar-refractivity contribution in [2.75, 3.05) is 0 Å². The van der Waals surface area contributed by atoms with Crippen LogP contribution in [-0.4, -0.2) is 9.97 Å². The summed E-state index contributed by atoms with van der Waals surface area (Å²) < 4.78 is 0. The zero-order valence-corrected chi connectivity index (χ0v) is 10.2. The minimum atomic E-state index is 0.908. The number of H-pyrrole nitrogens is 1. The van der Waals surface area contributed by atoms with E-state index in [0.717, 1.165) is 22.6 Å². The van der Waals surface area contributed by atoms with E-state index in [2.05, 4.69) is 53.3 Å². The first kappa shape index (κ1) is 10.8. The molecule has 0 amide bonds. The van der Waals surface area contributed by atoms with Crippen LogP contribution in [0.2, 0.25) is 0 Å². The van der Waals surface area contributed by atoms with E-state index in [1.807, 2.05) is 24.4 Å². The molecule has 0 unspecified atom stereocenters. The van der Waals surface area contributed by atoms with Crippen LogP contribution in [0.1, 0.15) is 5.56 Å². The molecule has 1 heterocycles. The molecule has 0 aliphatic rings. The summed E-state index contributed by atoms with van der Waals surface area (Å²) in [7, 11) is 0. The van der Waals surface area contributed by atoms with Crippen molar-refractivity contribution in [3.63, 3.8) is 0 Å². The highest BCUT2D eigenvalue weighted by atomic mass is 14.9. The lowest BCUT2D eigenvalue weighted by atomic mass is 10.1. The third-order valence-electron chi connectivity index (χ3n) is 2.99. The van der Waals surface area contributed by atoms with Gasteiger partial charge in [0.2, 0.25) is 0 Å². The second-order valence-corrected chi connectivity index (χ2v) is 4.38.